The van der Waals surface area contributed by atoms with Crippen LogP contribution in [0, 0.1) is 0 Å². The summed E-state index contributed by atoms with van der Waals surface area (Å²) in [4.78, 5) is 13.2. The highest BCUT2D eigenvalue weighted by Gasteiger charge is 2.13. The second-order valence-corrected chi connectivity index (χ2v) is 6.72. The number of hydrogen-bond acceptors (Lipinski definition) is 4. The number of allylic oxidation sites excluding steroid dienone is 4. The number of likely N-dealkylation sites (N-methyl/N-ethyl adjacent to an activating group) is 1. The second kappa shape index (κ2) is 11.0. The van der Waals surface area contributed by atoms with Gasteiger partial charge in [-0.2, -0.15) is 0 Å². The van der Waals surface area contributed by atoms with Crippen LogP contribution in [0.4, 0.5) is 10.1 Å². The third-order valence-corrected chi connectivity index (χ3v) is 4.44. The Bertz CT molecular complexity index is 867. The highest BCUT2D eigenvalue weighted by Crippen LogP contribution is 2.21. The molecular formula is C23H28FN3O2. The minimum Gasteiger partial charge on any atom is -0.374 e. The van der Waals surface area contributed by atoms with Crippen molar-refractivity contribution >= 4 is 17.7 Å². The van der Waals surface area contributed by atoms with Crippen molar-refractivity contribution in [1.29, 1.82) is 0 Å². The van der Waals surface area contributed by atoms with Crippen LogP contribution in [0.5, 0.6) is 0 Å². The Morgan fingerprint density at radius 3 is 2.66 bits per heavy atom. The fourth-order valence-electron chi connectivity index (χ4n) is 3.05. The van der Waals surface area contributed by atoms with Gasteiger partial charge in [0.25, 0.3) is 0 Å². The Hall–Kier alpha value is -3.12. The van der Waals surface area contributed by atoms with Crippen molar-refractivity contribution in [1.82, 2.24) is 9.47 Å². The minimum absolute atomic E-state index is 0.350. The summed E-state index contributed by atoms with van der Waals surface area (Å²) in [6.07, 6.45) is 6.03. The summed E-state index contributed by atoms with van der Waals surface area (Å²) >= 11 is 0. The topological polar surface area (TPSA) is 57.5 Å². The molecule has 0 amide bonds. The highest BCUT2D eigenvalue weighted by atomic mass is 19.1. The summed E-state index contributed by atoms with van der Waals surface area (Å²) in [5.74, 6) is -0.350. The molecule has 6 heteroatoms. The molecule has 0 bridgehead atoms. The first kappa shape index (κ1) is 22.2. The first-order valence-corrected chi connectivity index (χ1v) is 9.50. The van der Waals surface area contributed by atoms with E-state index in [1.54, 1.807) is 29.0 Å². The fourth-order valence-corrected chi connectivity index (χ4v) is 3.05. The van der Waals surface area contributed by atoms with Crippen molar-refractivity contribution in [2.24, 2.45) is 0 Å². The lowest BCUT2D eigenvalue weighted by molar-refractivity contribution is 0.111. The van der Waals surface area contributed by atoms with Gasteiger partial charge >= 0.3 is 0 Å². The Labute approximate surface area is 171 Å². The van der Waals surface area contributed by atoms with E-state index >= 15 is 0 Å². The Morgan fingerprint density at radius 1 is 1.31 bits per heavy atom. The molecule has 0 fully saturated rings. The van der Waals surface area contributed by atoms with Crippen LogP contribution in [0.3, 0.4) is 0 Å². The number of benzene rings is 1. The second-order valence-electron chi connectivity index (χ2n) is 6.72. The quantitative estimate of drug-likeness (QED) is 0.329. The van der Waals surface area contributed by atoms with Crippen LogP contribution >= 0.6 is 0 Å². The smallest absolute Gasteiger partial charge is 0.166 e. The van der Waals surface area contributed by atoms with Gasteiger partial charge < -0.3 is 19.9 Å². The molecule has 0 saturated carbocycles. The summed E-state index contributed by atoms with van der Waals surface area (Å²) in [6.45, 7) is 5.79. The van der Waals surface area contributed by atoms with Gasteiger partial charge in [-0.3, -0.25) is 4.79 Å². The van der Waals surface area contributed by atoms with E-state index in [0.29, 0.717) is 36.5 Å². The zero-order chi connectivity index (χ0) is 21.2. The summed E-state index contributed by atoms with van der Waals surface area (Å²) in [7, 11) is 1.85. The molecule has 2 rings (SSSR count). The molecule has 154 valence electrons. The van der Waals surface area contributed by atoms with Gasteiger partial charge in [0, 0.05) is 25.5 Å². The van der Waals surface area contributed by atoms with Crippen molar-refractivity contribution in [3.63, 3.8) is 0 Å². The summed E-state index contributed by atoms with van der Waals surface area (Å²) < 4.78 is 15.4. The number of aromatic nitrogens is 1. The van der Waals surface area contributed by atoms with Crippen molar-refractivity contribution in [2.75, 3.05) is 18.9 Å². The molecule has 1 heterocycles. The lowest BCUT2D eigenvalue weighted by Gasteiger charge is -2.25. The van der Waals surface area contributed by atoms with E-state index in [4.69, 9.17) is 0 Å². The molecule has 1 atom stereocenters. The van der Waals surface area contributed by atoms with Gasteiger partial charge in [0.05, 0.1) is 22.9 Å². The molecule has 2 aromatic rings. The zero-order valence-electron chi connectivity index (χ0n) is 16.9. The maximum Gasteiger partial charge on any atom is 0.166 e. The van der Waals surface area contributed by atoms with Crippen LogP contribution in [0.2, 0.25) is 0 Å². The first-order valence-electron chi connectivity index (χ1n) is 9.50. The SMILES string of the molecule is C=C/C(=C(\C=C(/C)F)N(C)CCCC(O)Nc1ccccc1)n1cccc1C=O. The summed E-state index contributed by atoms with van der Waals surface area (Å²) in [6, 6.07) is 12.9. The van der Waals surface area contributed by atoms with Gasteiger partial charge in [-0.25, -0.2) is 4.39 Å². The van der Waals surface area contributed by atoms with Gasteiger partial charge in [-0.05, 0) is 56.2 Å². The Balaban J connectivity index is 2.10. The minimum atomic E-state index is -0.679. The number of hydrogen-bond donors (Lipinski definition) is 2. The maximum atomic E-state index is 13.8. The number of nitrogens with zero attached hydrogens (tertiary/aromatic N) is 2. The van der Waals surface area contributed by atoms with Gasteiger partial charge in [0.15, 0.2) is 6.29 Å². The number of aliphatic hydroxyl groups is 1. The first-order chi connectivity index (χ1) is 14.0. The van der Waals surface area contributed by atoms with Crippen LogP contribution in [-0.4, -0.2) is 40.7 Å². The molecule has 1 aromatic carbocycles. The van der Waals surface area contributed by atoms with Gasteiger partial charge in [0.2, 0.25) is 0 Å². The number of carbonyl (C=O) groups is 1. The number of nitrogens with one attached hydrogen (secondary N) is 1. The number of halogens is 1. The van der Waals surface area contributed by atoms with Crippen LogP contribution in [0.15, 0.2) is 78.9 Å². The van der Waals surface area contributed by atoms with E-state index in [1.165, 1.54) is 13.0 Å². The van der Waals surface area contributed by atoms with Crippen LogP contribution < -0.4 is 5.32 Å². The molecular weight excluding hydrogens is 369 g/mol. The molecule has 0 aliphatic heterocycles. The number of anilines is 1. The van der Waals surface area contributed by atoms with Crippen molar-refractivity contribution in [2.45, 2.75) is 26.0 Å². The standard InChI is InChI=1S/C23H28FN3O2/c1-4-21(27-15-8-12-20(27)17-28)22(16-18(2)24)26(3)14-9-13-23(29)25-19-10-6-5-7-11-19/h4-8,10-12,15-17,23,25,29H,1,9,13-14H2,2-3H3/b18-16+,22-21-. The van der Waals surface area contributed by atoms with Gasteiger partial charge in [-0.1, -0.05) is 24.8 Å². The highest BCUT2D eigenvalue weighted by molar-refractivity contribution is 5.77. The van der Waals surface area contributed by atoms with E-state index in [0.717, 1.165) is 12.0 Å². The average molecular weight is 397 g/mol. The normalized spacial score (nSPS) is 13.4. The Kier molecular flexibility index (Phi) is 8.43. The molecule has 0 radical (unpaired) electrons. The molecule has 1 aromatic heterocycles. The summed E-state index contributed by atoms with van der Waals surface area (Å²) in [5, 5.41) is 13.2. The average Bonchev–Trinajstić information content (AvgIpc) is 3.16. The lowest BCUT2D eigenvalue weighted by Crippen LogP contribution is -2.24. The molecule has 0 saturated heterocycles. The molecule has 1 unspecified atom stereocenters. The third-order valence-electron chi connectivity index (χ3n) is 4.44. The number of aliphatic hydroxyl groups excluding tert-OH is 1. The van der Waals surface area contributed by atoms with Crippen LogP contribution in [0.25, 0.3) is 5.70 Å². The van der Waals surface area contributed by atoms with Crippen LogP contribution in [-0.2, 0) is 0 Å². The van der Waals surface area contributed by atoms with Crippen LogP contribution in [0.1, 0.15) is 30.3 Å². The van der Waals surface area contributed by atoms with E-state index in [9.17, 15) is 14.3 Å². The Morgan fingerprint density at radius 2 is 2.03 bits per heavy atom. The van der Waals surface area contributed by atoms with Crippen molar-refractivity contribution in [3.05, 3.63) is 84.6 Å². The van der Waals surface area contributed by atoms with Gasteiger partial charge in [0.1, 0.15) is 6.23 Å². The molecule has 2 N–H and O–H groups in total. The van der Waals surface area contributed by atoms with E-state index in [2.05, 4.69) is 11.9 Å². The van der Waals surface area contributed by atoms with E-state index in [1.807, 2.05) is 42.3 Å². The maximum absolute atomic E-state index is 13.8. The van der Waals surface area contributed by atoms with E-state index in [-0.39, 0.29) is 5.83 Å². The lowest BCUT2D eigenvalue weighted by atomic mass is 10.2. The predicted molar refractivity (Wildman–Crippen MR) is 116 cm³/mol. The molecule has 0 spiro atoms. The van der Waals surface area contributed by atoms with E-state index < -0.39 is 6.23 Å². The molecule has 0 aliphatic carbocycles. The zero-order valence-corrected chi connectivity index (χ0v) is 16.9. The monoisotopic (exact) mass is 397 g/mol. The number of aldehydes is 1. The van der Waals surface area contributed by atoms with Crippen molar-refractivity contribution in [3.8, 4) is 0 Å². The largest absolute Gasteiger partial charge is 0.374 e. The third kappa shape index (κ3) is 6.47. The number of rotatable bonds is 11. The van der Waals surface area contributed by atoms with Crippen molar-refractivity contribution < 1.29 is 14.3 Å². The van der Waals surface area contributed by atoms with Gasteiger partial charge in [-0.15, -0.1) is 0 Å². The fraction of sp³-hybridized carbons (Fsp3) is 0.261. The number of carbonyl (C=O) groups excluding carboxylic acids is 1. The molecule has 0 aliphatic rings. The molecule has 29 heavy (non-hydrogen) atoms. The predicted octanol–water partition coefficient (Wildman–Crippen LogP) is 4.67. The molecule has 5 nitrogen and oxygen atoms in total. The summed E-state index contributed by atoms with van der Waals surface area (Å²) in [5.41, 5.74) is 2.52. The number of para-hydroxylation sites is 1.